The van der Waals surface area contributed by atoms with E-state index in [1.54, 1.807) is 18.2 Å². The van der Waals surface area contributed by atoms with Crippen LogP contribution in [0.25, 0.3) is 0 Å². The van der Waals surface area contributed by atoms with Crippen LogP contribution in [-0.2, 0) is 9.53 Å². The number of carbonyl (C=O) groups is 2. The zero-order valence-electron chi connectivity index (χ0n) is 20.3. The van der Waals surface area contributed by atoms with Gasteiger partial charge in [-0.05, 0) is 76.5 Å². The Hall–Kier alpha value is -2.84. The lowest BCUT2D eigenvalue weighted by atomic mass is 10.2. The van der Waals surface area contributed by atoms with Gasteiger partial charge in [0.15, 0.2) is 0 Å². The van der Waals surface area contributed by atoms with Crippen molar-refractivity contribution in [1.29, 1.82) is 0 Å². The first-order valence-electron chi connectivity index (χ1n) is 11.5. The highest BCUT2D eigenvalue weighted by atomic mass is 19.1. The summed E-state index contributed by atoms with van der Waals surface area (Å²) in [5.74, 6) is -0.589. The van der Waals surface area contributed by atoms with Gasteiger partial charge >= 0.3 is 0 Å². The maximum absolute atomic E-state index is 12.2. The zero-order chi connectivity index (χ0) is 24.6. The summed E-state index contributed by atoms with van der Waals surface area (Å²) in [7, 11) is 1.87. The summed E-state index contributed by atoms with van der Waals surface area (Å²) in [6, 6.07) is 9.73. The third-order valence-electron chi connectivity index (χ3n) is 4.65. The van der Waals surface area contributed by atoms with Crippen molar-refractivity contribution in [3.63, 3.8) is 0 Å². The molecule has 0 saturated carbocycles. The molecule has 0 spiro atoms. The van der Waals surface area contributed by atoms with Crippen LogP contribution in [-0.4, -0.2) is 49.1 Å². The average Bonchev–Trinajstić information content (AvgIpc) is 3.25. The first-order chi connectivity index (χ1) is 15.9. The molecule has 1 aliphatic rings. The number of pyridine rings is 1. The molecule has 2 atom stereocenters. The van der Waals surface area contributed by atoms with Crippen LogP contribution >= 0.6 is 0 Å². The lowest BCUT2D eigenvalue weighted by Gasteiger charge is -2.12. The number of nitrogens with one attached hydrogen (secondary N) is 3. The van der Waals surface area contributed by atoms with Crippen LogP contribution in [0.1, 0.15) is 56.1 Å². The third-order valence-corrected chi connectivity index (χ3v) is 4.65. The van der Waals surface area contributed by atoms with E-state index in [4.69, 9.17) is 4.74 Å². The molecule has 0 bridgehead atoms. The minimum absolute atomic E-state index is 0.113. The molecule has 8 heteroatoms. The number of aryl methyl sites for hydroxylation is 1. The molecule has 2 aromatic rings. The number of amides is 2. The number of benzene rings is 1. The molecule has 7 nitrogen and oxygen atoms in total. The van der Waals surface area contributed by atoms with Crippen molar-refractivity contribution >= 4 is 17.5 Å². The topological polar surface area (TPSA) is 92.3 Å². The van der Waals surface area contributed by atoms with E-state index in [9.17, 15) is 14.0 Å². The molecule has 1 saturated heterocycles. The Labute approximate surface area is 196 Å². The molecule has 3 N–H and O–H groups in total. The average molecular weight is 461 g/mol. The summed E-state index contributed by atoms with van der Waals surface area (Å²) in [6.07, 6.45) is 3.65. The number of ether oxygens (including phenoxy) is 1. The predicted molar refractivity (Wildman–Crippen MR) is 130 cm³/mol. The van der Waals surface area contributed by atoms with E-state index in [-0.39, 0.29) is 29.4 Å². The zero-order valence-corrected chi connectivity index (χ0v) is 20.3. The van der Waals surface area contributed by atoms with Gasteiger partial charge in [-0.3, -0.25) is 14.6 Å². The molecule has 182 valence electrons. The van der Waals surface area contributed by atoms with Gasteiger partial charge in [0.25, 0.3) is 11.8 Å². The highest BCUT2D eigenvalue weighted by Gasteiger charge is 2.28. The van der Waals surface area contributed by atoms with Crippen molar-refractivity contribution < 1.29 is 18.7 Å². The summed E-state index contributed by atoms with van der Waals surface area (Å²) in [6.45, 7) is 9.23. The van der Waals surface area contributed by atoms with Crippen molar-refractivity contribution in [3.8, 4) is 0 Å². The highest BCUT2D eigenvalue weighted by Crippen LogP contribution is 2.20. The van der Waals surface area contributed by atoms with Gasteiger partial charge < -0.3 is 20.7 Å². The summed E-state index contributed by atoms with van der Waals surface area (Å²) in [4.78, 5) is 28.2. The number of nitrogens with zero attached hydrogens (tertiary/aromatic N) is 1. The Balaban J connectivity index is 0.000000454. The predicted octanol–water partition coefficient (Wildman–Crippen LogP) is 4.09. The van der Waals surface area contributed by atoms with E-state index < -0.39 is 6.10 Å². The molecule has 1 aromatic heterocycles. The number of carbonyl (C=O) groups excluding carboxylic acids is 2. The van der Waals surface area contributed by atoms with E-state index >= 15 is 0 Å². The van der Waals surface area contributed by atoms with E-state index in [1.165, 1.54) is 18.3 Å². The van der Waals surface area contributed by atoms with Crippen molar-refractivity contribution in [2.45, 2.75) is 59.2 Å². The van der Waals surface area contributed by atoms with E-state index in [1.807, 2.05) is 40.8 Å². The van der Waals surface area contributed by atoms with Crippen LogP contribution in [0.3, 0.4) is 0 Å². The van der Waals surface area contributed by atoms with Crippen molar-refractivity contribution in [2.24, 2.45) is 0 Å². The lowest BCUT2D eigenvalue weighted by Crippen LogP contribution is -2.29. The fraction of sp³-hybridized carbons (Fsp3) is 0.480. The molecule has 1 aromatic carbocycles. The molecule has 2 amide bonds. The minimum atomic E-state index is -0.419. The Morgan fingerprint density at radius 3 is 2.48 bits per heavy atom. The van der Waals surface area contributed by atoms with Crippen molar-refractivity contribution in [1.82, 2.24) is 15.6 Å². The van der Waals surface area contributed by atoms with Gasteiger partial charge in [-0.1, -0.05) is 26.0 Å². The molecule has 2 heterocycles. The van der Waals surface area contributed by atoms with E-state index in [0.29, 0.717) is 12.2 Å². The van der Waals surface area contributed by atoms with Crippen molar-refractivity contribution in [2.75, 3.05) is 25.5 Å². The van der Waals surface area contributed by atoms with Gasteiger partial charge in [-0.25, -0.2) is 4.39 Å². The molecule has 1 aliphatic heterocycles. The SMILES string of the molecule is CC.CNCCCNC(=O)c1cc(NC(=O)C2CCC(C)O2)ccn1.Cc1cccc(F)c1. The fourth-order valence-electron chi connectivity index (χ4n) is 3.01. The number of halogens is 1. The number of rotatable bonds is 7. The van der Waals surface area contributed by atoms with Crippen LogP contribution < -0.4 is 16.0 Å². The van der Waals surface area contributed by atoms with Gasteiger partial charge in [0.2, 0.25) is 0 Å². The largest absolute Gasteiger partial charge is 0.365 e. The Bertz CT molecular complexity index is 846. The molecule has 0 aliphatic carbocycles. The molecule has 33 heavy (non-hydrogen) atoms. The fourth-order valence-corrected chi connectivity index (χ4v) is 3.01. The number of hydrogen-bond donors (Lipinski definition) is 3. The first-order valence-corrected chi connectivity index (χ1v) is 11.5. The molecule has 1 fully saturated rings. The summed E-state index contributed by atoms with van der Waals surface area (Å²) in [5, 5.41) is 8.59. The number of aromatic nitrogens is 1. The molecule has 0 radical (unpaired) electrons. The van der Waals surface area contributed by atoms with Crippen molar-refractivity contribution in [3.05, 3.63) is 59.7 Å². The third kappa shape index (κ3) is 11.0. The summed E-state index contributed by atoms with van der Waals surface area (Å²) >= 11 is 0. The monoisotopic (exact) mass is 460 g/mol. The highest BCUT2D eigenvalue weighted by molar-refractivity contribution is 5.97. The first kappa shape index (κ1) is 28.2. The van der Waals surface area contributed by atoms with Crippen LogP contribution in [0, 0.1) is 12.7 Å². The van der Waals surface area contributed by atoms with Crippen LogP contribution in [0.15, 0.2) is 42.6 Å². The van der Waals surface area contributed by atoms with Crippen LogP contribution in [0.5, 0.6) is 0 Å². The van der Waals surface area contributed by atoms with Crippen LogP contribution in [0.2, 0.25) is 0 Å². The van der Waals surface area contributed by atoms with E-state index in [2.05, 4.69) is 20.9 Å². The smallest absolute Gasteiger partial charge is 0.269 e. The van der Waals surface area contributed by atoms with Crippen LogP contribution in [0.4, 0.5) is 10.1 Å². The molecular formula is C25H37FN4O3. The van der Waals surface area contributed by atoms with Gasteiger partial charge in [0.05, 0.1) is 6.10 Å². The van der Waals surface area contributed by atoms with Gasteiger partial charge in [-0.2, -0.15) is 0 Å². The second-order valence-electron chi connectivity index (χ2n) is 7.44. The van der Waals surface area contributed by atoms with Gasteiger partial charge in [0, 0.05) is 18.4 Å². The minimum Gasteiger partial charge on any atom is -0.365 e. The molecule has 2 unspecified atom stereocenters. The van der Waals surface area contributed by atoms with E-state index in [0.717, 1.165) is 31.4 Å². The maximum atomic E-state index is 12.2. The normalized spacial score (nSPS) is 16.5. The summed E-state index contributed by atoms with van der Waals surface area (Å²) in [5.41, 5.74) is 1.80. The van der Waals surface area contributed by atoms with Gasteiger partial charge in [0.1, 0.15) is 17.6 Å². The van der Waals surface area contributed by atoms with Gasteiger partial charge in [-0.15, -0.1) is 0 Å². The second kappa shape index (κ2) is 15.9. The Morgan fingerprint density at radius 1 is 1.15 bits per heavy atom. The maximum Gasteiger partial charge on any atom is 0.269 e. The second-order valence-corrected chi connectivity index (χ2v) is 7.44. The Kier molecular flexibility index (Phi) is 13.6. The summed E-state index contributed by atoms with van der Waals surface area (Å²) < 4.78 is 17.7. The number of hydrogen-bond acceptors (Lipinski definition) is 5. The standard InChI is InChI=1S/C16H24N4O3.C7H7F.C2H6/c1-11-4-5-14(23-11)16(22)20-12-6-9-18-13(10-12)15(21)19-8-3-7-17-2;1-6-3-2-4-7(8)5-6;1-2/h6,9-11,14,17H,3-5,7-8H2,1-2H3,(H,19,21)(H,18,20,22);2-5H,1H3;1-2H3. The molecular weight excluding hydrogens is 423 g/mol. The molecule has 3 rings (SSSR count). The number of anilines is 1. The Morgan fingerprint density at radius 2 is 1.91 bits per heavy atom. The quantitative estimate of drug-likeness (QED) is 0.542. The lowest BCUT2D eigenvalue weighted by molar-refractivity contribution is -0.126.